The summed E-state index contributed by atoms with van der Waals surface area (Å²) in [6.07, 6.45) is 0. The van der Waals surface area contributed by atoms with Gasteiger partial charge in [0.1, 0.15) is 34.5 Å². The van der Waals surface area contributed by atoms with Crippen LogP contribution in [-0.2, 0) is 13.1 Å². The van der Waals surface area contributed by atoms with E-state index < -0.39 is 11.8 Å². The lowest BCUT2D eigenvalue weighted by Crippen LogP contribution is -2.23. The van der Waals surface area contributed by atoms with E-state index in [-0.39, 0.29) is 34.9 Å². The number of carbonyl (C=O) groups excluding carboxylic acids is 2. The van der Waals surface area contributed by atoms with E-state index in [2.05, 4.69) is 94.6 Å². The van der Waals surface area contributed by atoms with Gasteiger partial charge in [-0.05, 0) is 148 Å². The van der Waals surface area contributed by atoms with Crippen LogP contribution in [0.15, 0.2) is 160 Å². The number of benzene rings is 6. The molecule has 62 heavy (non-hydrogen) atoms. The first-order valence-electron chi connectivity index (χ1n) is 18.2. The number of carbonyl (C=O) groups is 2. The van der Waals surface area contributed by atoms with Crippen LogP contribution < -0.4 is 20.1 Å². The van der Waals surface area contributed by atoms with Gasteiger partial charge in [-0.3, -0.25) is 9.59 Å². The van der Waals surface area contributed by atoms with Crippen LogP contribution in [0.2, 0.25) is 0 Å². The van der Waals surface area contributed by atoms with Gasteiger partial charge in [0.25, 0.3) is 0 Å². The van der Waals surface area contributed by atoms with Gasteiger partial charge in [-0.2, -0.15) is 9.97 Å². The molecule has 0 bridgehead atoms. The van der Waals surface area contributed by atoms with E-state index in [0.717, 1.165) is 22.6 Å². The number of hydrogen-bond acceptors (Lipinski definition) is 12. The molecule has 0 aliphatic heterocycles. The zero-order valence-corrected chi connectivity index (χ0v) is 38.1. The second kappa shape index (κ2) is 20.5. The maximum Gasteiger partial charge on any atom is 0.316 e. The van der Waals surface area contributed by atoms with Crippen molar-refractivity contribution in [2.24, 2.45) is 0 Å². The second-order valence-corrected chi connectivity index (χ2v) is 16.3. The summed E-state index contributed by atoms with van der Waals surface area (Å²) in [6.45, 7) is 0.580. The molecule has 4 N–H and O–H groups in total. The number of halogens is 4. The van der Waals surface area contributed by atoms with Gasteiger partial charge in [-0.15, -0.1) is 0 Å². The first kappa shape index (κ1) is 43.7. The Hall–Kier alpha value is -6.34. The molecule has 2 heterocycles. The first-order chi connectivity index (χ1) is 30.0. The molecule has 0 saturated heterocycles. The molecule has 2 amide bonds. The third kappa shape index (κ3) is 11.5. The molecule has 18 heteroatoms. The van der Waals surface area contributed by atoms with Crippen molar-refractivity contribution >= 4 is 75.5 Å². The number of para-hydroxylation sites is 2. The minimum absolute atomic E-state index is 0.0606. The highest BCUT2D eigenvalue weighted by Crippen LogP contribution is 2.37. The van der Waals surface area contributed by atoms with Crippen LogP contribution in [-0.4, -0.2) is 42.3 Å². The van der Waals surface area contributed by atoms with Crippen molar-refractivity contribution in [3.63, 3.8) is 0 Å². The number of nitrogens with one attached hydrogen (secondary N) is 2. The molecule has 8 rings (SSSR count). The Morgan fingerprint density at radius 3 is 1.16 bits per heavy atom. The van der Waals surface area contributed by atoms with Gasteiger partial charge in [0.15, 0.2) is 0 Å². The molecule has 14 nitrogen and oxygen atoms in total. The number of phenols is 2. The predicted molar refractivity (Wildman–Crippen MR) is 242 cm³/mol. The van der Waals surface area contributed by atoms with Crippen molar-refractivity contribution in [3.05, 3.63) is 174 Å². The Labute approximate surface area is 386 Å². The summed E-state index contributed by atoms with van der Waals surface area (Å²) >= 11 is 13.0. The fraction of sp³-hybridized carbons (Fsp3) is 0.0455. The number of aromatic hydroxyl groups is 2. The Morgan fingerprint density at radius 2 is 0.823 bits per heavy atom. The van der Waals surface area contributed by atoms with E-state index in [0.29, 0.717) is 53.6 Å². The quantitative estimate of drug-likeness (QED) is 0.0905. The van der Waals surface area contributed by atoms with Crippen LogP contribution in [0.5, 0.6) is 34.5 Å². The molecule has 0 aliphatic carbocycles. The first-order valence-corrected chi connectivity index (χ1v) is 21.4. The Kier molecular flexibility index (Phi) is 14.4. The van der Waals surface area contributed by atoms with Gasteiger partial charge in [0.05, 0.1) is 17.9 Å². The summed E-state index contributed by atoms with van der Waals surface area (Å²) < 4.78 is 23.5. The standard InChI is InChI=1S/2C22H15Br2N3O4/c2*23-17-10-14(11-18(24)19(17)28)20-26-22(31-27-20)21(29)25-12-13-6-8-16(9-7-13)30-15-4-2-1-3-5-15/h2*1-11,28H,12H2,(H,25,29). The van der Waals surface area contributed by atoms with Gasteiger partial charge in [-0.1, -0.05) is 71.0 Å². The fourth-order valence-corrected chi connectivity index (χ4v) is 7.74. The van der Waals surface area contributed by atoms with Crippen LogP contribution in [0.1, 0.15) is 32.5 Å². The summed E-state index contributed by atoms with van der Waals surface area (Å²) in [5.41, 5.74) is 2.93. The Morgan fingerprint density at radius 1 is 0.500 bits per heavy atom. The monoisotopic (exact) mass is 1090 g/mol. The van der Waals surface area contributed by atoms with Gasteiger partial charge in [-0.25, -0.2) is 0 Å². The van der Waals surface area contributed by atoms with Gasteiger partial charge >= 0.3 is 23.6 Å². The number of aromatic nitrogens is 4. The Bertz CT molecular complexity index is 2570. The summed E-state index contributed by atoms with van der Waals surface area (Å²) in [5, 5.41) is 32.8. The molecule has 0 atom stereocenters. The topological polar surface area (TPSA) is 195 Å². The number of hydrogen-bond donors (Lipinski definition) is 4. The molecular weight excluding hydrogens is 1060 g/mol. The molecule has 6 aromatic carbocycles. The normalized spacial score (nSPS) is 10.6. The largest absolute Gasteiger partial charge is 0.506 e. The van der Waals surface area contributed by atoms with Crippen molar-refractivity contribution in [1.29, 1.82) is 0 Å². The fourth-order valence-electron chi connectivity index (χ4n) is 5.37. The molecular formula is C44H30Br4N6O8. The van der Waals surface area contributed by atoms with Gasteiger partial charge < -0.3 is 39.4 Å². The molecule has 0 radical (unpaired) electrons. The van der Waals surface area contributed by atoms with Crippen molar-refractivity contribution in [2.45, 2.75) is 13.1 Å². The maximum absolute atomic E-state index is 12.4. The number of ether oxygens (including phenoxy) is 2. The summed E-state index contributed by atoms with van der Waals surface area (Å²) in [4.78, 5) is 33.0. The molecule has 0 spiro atoms. The van der Waals surface area contributed by atoms with E-state index in [9.17, 15) is 19.8 Å². The highest BCUT2D eigenvalue weighted by atomic mass is 79.9. The predicted octanol–water partition coefficient (Wildman–Crippen LogP) is 11.4. The molecule has 0 aliphatic rings. The molecule has 8 aromatic rings. The van der Waals surface area contributed by atoms with Crippen LogP contribution in [0, 0.1) is 0 Å². The highest BCUT2D eigenvalue weighted by Gasteiger charge is 2.19. The summed E-state index contributed by atoms with van der Waals surface area (Å²) in [7, 11) is 0. The summed E-state index contributed by atoms with van der Waals surface area (Å²) in [6, 6.07) is 40.3. The third-order valence-corrected chi connectivity index (χ3v) is 10.9. The number of amides is 2. The molecule has 0 unspecified atom stereocenters. The van der Waals surface area contributed by atoms with Crippen molar-refractivity contribution < 1.29 is 38.3 Å². The average Bonchev–Trinajstić information content (AvgIpc) is 4.00. The lowest BCUT2D eigenvalue weighted by Gasteiger charge is -2.07. The maximum atomic E-state index is 12.4. The van der Waals surface area contributed by atoms with Gasteiger partial charge in [0.2, 0.25) is 11.6 Å². The molecule has 312 valence electrons. The second-order valence-electron chi connectivity index (χ2n) is 12.9. The van der Waals surface area contributed by atoms with Crippen molar-refractivity contribution in [2.75, 3.05) is 0 Å². The lowest BCUT2D eigenvalue weighted by molar-refractivity contribution is 0.0900. The van der Waals surface area contributed by atoms with Crippen molar-refractivity contribution in [3.8, 4) is 57.3 Å². The van der Waals surface area contributed by atoms with Crippen molar-refractivity contribution in [1.82, 2.24) is 30.9 Å². The van der Waals surface area contributed by atoms with E-state index in [1.54, 1.807) is 24.3 Å². The minimum atomic E-state index is -0.486. The highest BCUT2D eigenvalue weighted by molar-refractivity contribution is 9.11. The number of rotatable bonds is 12. The van der Waals surface area contributed by atoms with Crippen LogP contribution in [0.25, 0.3) is 22.8 Å². The van der Waals surface area contributed by atoms with E-state index in [4.69, 9.17) is 18.5 Å². The number of phenolic OH excluding ortho intramolecular Hbond substituents is 2. The molecule has 0 fully saturated rings. The smallest absolute Gasteiger partial charge is 0.316 e. The molecule has 2 aromatic heterocycles. The zero-order valence-electron chi connectivity index (χ0n) is 31.8. The lowest BCUT2D eigenvalue weighted by atomic mass is 10.2. The average molecular weight is 1090 g/mol. The SMILES string of the molecule is O=C(NCc1ccc(Oc2ccccc2)cc1)c1nc(-c2cc(Br)c(O)c(Br)c2)no1.O=C(NCc1ccc(Oc2ccccc2)cc1)c1nc(-c2cc(Br)c(O)c(Br)c2)no1. The van der Waals surface area contributed by atoms with Crippen LogP contribution in [0.4, 0.5) is 0 Å². The van der Waals surface area contributed by atoms with Crippen LogP contribution in [0.3, 0.4) is 0 Å². The van der Waals surface area contributed by atoms with E-state index in [1.807, 2.05) is 109 Å². The van der Waals surface area contributed by atoms with Crippen LogP contribution >= 0.6 is 63.7 Å². The number of nitrogens with zero attached hydrogens (tertiary/aromatic N) is 4. The minimum Gasteiger partial charge on any atom is -0.506 e. The van der Waals surface area contributed by atoms with Gasteiger partial charge in [0, 0.05) is 24.2 Å². The third-order valence-electron chi connectivity index (χ3n) is 8.50. The Balaban J connectivity index is 0.000000186. The van der Waals surface area contributed by atoms with E-state index in [1.165, 1.54) is 0 Å². The summed E-state index contributed by atoms with van der Waals surface area (Å²) in [5.74, 6) is 2.22. The zero-order chi connectivity index (χ0) is 43.6. The van der Waals surface area contributed by atoms with E-state index >= 15 is 0 Å². The molecule has 0 saturated carbocycles.